The van der Waals surface area contributed by atoms with Crippen LogP contribution in [0.3, 0.4) is 0 Å². The van der Waals surface area contributed by atoms with E-state index in [0.717, 1.165) is 5.82 Å². The Balaban J connectivity index is 1.99. The van der Waals surface area contributed by atoms with Gasteiger partial charge in [-0.05, 0) is 6.54 Å². The summed E-state index contributed by atoms with van der Waals surface area (Å²) in [5, 5.41) is 12.2. The number of nitrogens with two attached hydrogens (primary N) is 2. The minimum absolute atomic E-state index is 0.127. The third-order valence-corrected chi connectivity index (χ3v) is 3.31. The van der Waals surface area contributed by atoms with E-state index < -0.39 is 5.91 Å². The predicted octanol–water partition coefficient (Wildman–Crippen LogP) is -0.909. The Labute approximate surface area is 112 Å². The Morgan fingerprint density at radius 3 is 2.89 bits per heavy atom. The number of carbonyl (C=O) groups excluding carboxylic acids is 1. The van der Waals surface area contributed by atoms with Gasteiger partial charge >= 0.3 is 0 Å². The Morgan fingerprint density at radius 2 is 2.26 bits per heavy atom. The topological polar surface area (TPSA) is 139 Å². The maximum atomic E-state index is 10.8. The smallest absolute Gasteiger partial charge is 0.290 e. The molecule has 0 unspecified atom stereocenters. The third kappa shape index (κ3) is 3.09. The van der Waals surface area contributed by atoms with E-state index in [1.165, 1.54) is 11.8 Å². The zero-order chi connectivity index (χ0) is 13.8. The lowest BCUT2D eigenvalue weighted by Gasteiger charge is -2.00. The normalized spacial score (nSPS) is 10.8. The molecule has 1 amide bonds. The zero-order valence-electron chi connectivity index (χ0n) is 10.2. The molecule has 0 aliphatic carbocycles. The monoisotopic (exact) mass is 283 g/mol. The van der Waals surface area contributed by atoms with Gasteiger partial charge in [0.1, 0.15) is 5.82 Å². The van der Waals surface area contributed by atoms with Crippen LogP contribution in [0.2, 0.25) is 0 Å². The number of hydrogen-bond donors (Lipinski definition) is 2. The fourth-order valence-corrected chi connectivity index (χ4v) is 2.12. The molecule has 4 N–H and O–H groups in total. The summed E-state index contributed by atoms with van der Waals surface area (Å²) in [4.78, 5) is 14.7. The van der Waals surface area contributed by atoms with Crippen molar-refractivity contribution in [3.63, 3.8) is 0 Å². The third-order valence-electron chi connectivity index (χ3n) is 2.31. The van der Waals surface area contributed by atoms with Crippen molar-refractivity contribution >= 4 is 17.7 Å². The van der Waals surface area contributed by atoms with Crippen LogP contribution in [0.25, 0.3) is 0 Å². The van der Waals surface area contributed by atoms with Gasteiger partial charge in [0.05, 0.1) is 5.75 Å². The van der Waals surface area contributed by atoms with E-state index in [-0.39, 0.29) is 5.82 Å². The van der Waals surface area contributed by atoms with Crippen LogP contribution in [-0.4, -0.2) is 37.4 Å². The molecular weight excluding hydrogens is 270 g/mol. The second kappa shape index (κ2) is 5.80. The van der Waals surface area contributed by atoms with Crippen LogP contribution in [0.15, 0.2) is 9.68 Å². The average molecular weight is 283 g/mol. The van der Waals surface area contributed by atoms with Gasteiger partial charge in [0.15, 0.2) is 5.16 Å². The molecule has 0 spiro atoms. The second-order valence-electron chi connectivity index (χ2n) is 3.66. The lowest BCUT2D eigenvalue weighted by atomic mass is 10.4. The molecule has 0 aliphatic rings. The van der Waals surface area contributed by atoms with Crippen molar-refractivity contribution in [3.05, 3.63) is 17.5 Å². The first-order valence-electron chi connectivity index (χ1n) is 5.45. The average Bonchev–Trinajstić information content (AvgIpc) is 2.97. The summed E-state index contributed by atoms with van der Waals surface area (Å²) in [6.45, 7) is 0.516. The molecule has 102 valence electrons. The standard InChI is InChI=1S/C9H13N7O2S/c1-16-5(2-3-10)13-14-9(16)19-4-6-12-8(7(11)17)15-18-6/h2-4,10H2,1H3,(H2,11,17). The molecule has 0 aliphatic heterocycles. The number of amides is 1. The molecule has 19 heavy (non-hydrogen) atoms. The van der Waals surface area contributed by atoms with E-state index in [4.69, 9.17) is 16.0 Å². The molecule has 0 fully saturated rings. The molecule has 0 atom stereocenters. The van der Waals surface area contributed by atoms with Crippen LogP contribution in [0.5, 0.6) is 0 Å². The van der Waals surface area contributed by atoms with Crippen LogP contribution < -0.4 is 11.5 Å². The molecule has 0 aromatic carbocycles. The largest absolute Gasteiger partial charge is 0.363 e. The van der Waals surface area contributed by atoms with Crippen molar-refractivity contribution in [3.8, 4) is 0 Å². The Bertz CT molecular complexity index is 579. The molecule has 2 rings (SSSR count). The Hall–Kier alpha value is -1.94. The highest BCUT2D eigenvalue weighted by Crippen LogP contribution is 2.20. The van der Waals surface area contributed by atoms with Crippen LogP contribution in [0.4, 0.5) is 0 Å². The van der Waals surface area contributed by atoms with E-state index in [1.54, 1.807) is 0 Å². The maximum Gasteiger partial charge on any atom is 0.290 e. The van der Waals surface area contributed by atoms with Crippen molar-refractivity contribution < 1.29 is 9.32 Å². The van der Waals surface area contributed by atoms with E-state index in [0.29, 0.717) is 29.8 Å². The molecule has 0 saturated carbocycles. The lowest BCUT2D eigenvalue weighted by Crippen LogP contribution is -2.12. The van der Waals surface area contributed by atoms with E-state index in [1.807, 2.05) is 11.6 Å². The number of nitrogens with zero attached hydrogens (tertiary/aromatic N) is 5. The molecule has 0 radical (unpaired) electrons. The van der Waals surface area contributed by atoms with Gasteiger partial charge in [-0.3, -0.25) is 4.79 Å². The molecule has 10 heteroatoms. The Morgan fingerprint density at radius 1 is 1.47 bits per heavy atom. The molecule has 2 aromatic rings. The van der Waals surface area contributed by atoms with Gasteiger partial charge in [0.25, 0.3) is 11.7 Å². The van der Waals surface area contributed by atoms with Crippen LogP contribution in [-0.2, 0) is 19.2 Å². The summed E-state index contributed by atoms with van der Waals surface area (Å²) in [6, 6.07) is 0. The number of thioether (sulfide) groups is 1. The molecule has 2 heterocycles. The van der Waals surface area contributed by atoms with E-state index >= 15 is 0 Å². The van der Waals surface area contributed by atoms with Crippen LogP contribution >= 0.6 is 11.8 Å². The SMILES string of the molecule is Cn1c(CCN)nnc1SCc1nc(C(N)=O)no1. The summed E-state index contributed by atoms with van der Waals surface area (Å²) in [6.07, 6.45) is 0.663. The molecule has 9 nitrogen and oxygen atoms in total. The number of rotatable bonds is 6. The van der Waals surface area contributed by atoms with Crippen LogP contribution in [0, 0.1) is 0 Å². The van der Waals surface area contributed by atoms with E-state index in [2.05, 4.69) is 20.3 Å². The predicted molar refractivity (Wildman–Crippen MR) is 66.1 cm³/mol. The van der Waals surface area contributed by atoms with Gasteiger partial charge in [-0.15, -0.1) is 10.2 Å². The highest BCUT2D eigenvalue weighted by molar-refractivity contribution is 7.98. The second-order valence-corrected chi connectivity index (χ2v) is 4.60. The summed E-state index contributed by atoms with van der Waals surface area (Å²) in [5.74, 6) is 0.659. The highest BCUT2D eigenvalue weighted by Gasteiger charge is 2.13. The summed E-state index contributed by atoms with van der Waals surface area (Å²) in [7, 11) is 1.86. The van der Waals surface area contributed by atoms with Gasteiger partial charge in [0, 0.05) is 13.5 Å². The minimum Gasteiger partial charge on any atom is -0.363 e. The lowest BCUT2D eigenvalue weighted by molar-refractivity contribution is 0.0987. The van der Waals surface area contributed by atoms with Gasteiger partial charge in [0.2, 0.25) is 5.89 Å². The first-order chi connectivity index (χ1) is 9.11. The van der Waals surface area contributed by atoms with Crippen LogP contribution in [0.1, 0.15) is 22.3 Å². The van der Waals surface area contributed by atoms with Crippen molar-refractivity contribution in [2.24, 2.45) is 18.5 Å². The molecule has 2 aromatic heterocycles. The first kappa shape index (κ1) is 13.5. The fourth-order valence-electron chi connectivity index (χ4n) is 1.36. The maximum absolute atomic E-state index is 10.8. The van der Waals surface area contributed by atoms with Gasteiger partial charge in [-0.2, -0.15) is 4.98 Å². The van der Waals surface area contributed by atoms with Gasteiger partial charge in [-0.25, -0.2) is 0 Å². The van der Waals surface area contributed by atoms with Gasteiger partial charge in [-0.1, -0.05) is 16.9 Å². The first-order valence-corrected chi connectivity index (χ1v) is 6.44. The van der Waals surface area contributed by atoms with Crippen molar-refractivity contribution in [2.75, 3.05) is 6.54 Å². The quantitative estimate of drug-likeness (QED) is 0.649. The summed E-state index contributed by atoms with van der Waals surface area (Å²) >= 11 is 1.37. The molecule has 0 saturated heterocycles. The minimum atomic E-state index is -0.719. The number of hydrogen-bond acceptors (Lipinski definition) is 8. The number of primary amides is 1. The number of carbonyl (C=O) groups is 1. The summed E-state index contributed by atoms with van der Waals surface area (Å²) in [5.41, 5.74) is 10.5. The zero-order valence-corrected chi connectivity index (χ0v) is 11.1. The highest BCUT2D eigenvalue weighted by atomic mass is 32.2. The summed E-state index contributed by atoms with van der Waals surface area (Å²) < 4.78 is 6.73. The van der Waals surface area contributed by atoms with Crippen molar-refractivity contribution in [1.82, 2.24) is 24.9 Å². The van der Waals surface area contributed by atoms with Crippen molar-refractivity contribution in [2.45, 2.75) is 17.3 Å². The fraction of sp³-hybridized carbons (Fsp3) is 0.444. The van der Waals surface area contributed by atoms with Crippen molar-refractivity contribution in [1.29, 1.82) is 0 Å². The number of aromatic nitrogens is 5. The Kier molecular flexibility index (Phi) is 4.12. The van der Waals surface area contributed by atoms with Gasteiger partial charge < -0.3 is 20.6 Å². The molecule has 0 bridgehead atoms. The molecular formula is C9H13N7O2S. The van der Waals surface area contributed by atoms with E-state index in [9.17, 15) is 4.79 Å².